The predicted molar refractivity (Wildman–Crippen MR) is 103 cm³/mol. The highest BCUT2D eigenvalue weighted by atomic mass is 28.4. The van der Waals surface area contributed by atoms with Crippen molar-refractivity contribution in [2.75, 3.05) is 65.6 Å². The van der Waals surface area contributed by atoms with Crippen LogP contribution in [0.1, 0.15) is 34.6 Å². The molecule has 0 spiro atoms. The molecule has 0 aliphatic carbocycles. The molecule has 1 fully saturated rings. The van der Waals surface area contributed by atoms with E-state index in [1.54, 1.807) is 7.11 Å². The molecule has 0 aromatic rings. The van der Waals surface area contributed by atoms with Gasteiger partial charge in [0, 0.05) is 46.7 Å². The lowest BCUT2D eigenvalue weighted by Gasteiger charge is -2.44. The van der Waals surface area contributed by atoms with Gasteiger partial charge in [0.1, 0.15) is 0 Å². The van der Waals surface area contributed by atoms with Crippen molar-refractivity contribution in [3.05, 3.63) is 0 Å². The molecule has 156 valence electrons. The number of nitrogens with zero attached hydrogens (tertiary/aromatic N) is 1. The lowest BCUT2D eigenvalue weighted by molar-refractivity contribution is -0.0468. The molecule has 0 amide bonds. The third kappa shape index (κ3) is 7.26. The van der Waals surface area contributed by atoms with Crippen molar-refractivity contribution < 1.29 is 31.3 Å². The molecule has 1 aliphatic heterocycles. The van der Waals surface area contributed by atoms with Crippen molar-refractivity contribution in [1.29, 1.82) is 0 Å². The third-order valence-corrected chi connectivity index (χ3v) is 9.82. The zero-order chi connectivity index (χ0) is 19.5. The first-order valence-electron chi connectivity index (χ1n) is 9.61. The van der Waals surface area contributed by atoms with Gasteiger partial charge in [-0.25, -0.2) is 0 Å². The minimum Gasteiger partial charge on any atom is -0.382 e. The Hall–Kier alpha value is 0.114. The molecule has 1 aliphatic rings. The highest BCUT2D eigenvalue weighted by Crippen LogP contribution is 2.23. The van der Waals surface area contributed by atoms with Crippen LogP contribution >= 0.6 is 0 Å². The van der Waals surface area contributed by atoms with E-state index in [9.17, 15) is 0 Å². The molecule has 1 heterocycles. The molecular formula is C16H37NO7Si2. The first-order chi connectivity index (χ1) is 12.5. The van der Waals surface area contributed by atoms with E-state index in [0.29, 0.717) is 58.5 Å². The van der Waals surface area contributed by atoms with Crippen LogP contribution in [0.2, 0.25) is 0 Å². The van der Waals surface area contributed by atoms with E-state index in [-0.39, 0.29) is 6.10 Å². The summed E-state index contributed by atoms with van der Waals surface area (Å²) in [6.07, 6.45) is 1.06. The molecule has 8 nitrogen and oxygen atoms in total. The van der Waals surface area contributed by atoms with Crippen molar-refractivity contribution in [3.63, 3.8) is 0 Å². The van der Waals surface area contributed by atoms with E-state index in [0.717, 1.165) is 0 Å². The minimum absolute atomic E-state index is 0.116. The summed E-state index contributed by atoms with van der Waals surface area (Å²) in [4.78, 5) is 2.25. The van der Waals surface area contributed by atoms with Crippen LogP contribution in [-0.2, 0) is 31.3 Å². The Labute approximate surface area is 160 Å². The number of ether oxygens (including phenoxy) is 1. The van der Waals surface area contributed by atoms with E-state index >= 15 is 0 Å². The van der Waals surface area contributed by atoms with E-state index in [1.807, 2.05) is 34.6 Å². The maximum Gasteiger partial charge on any atom is 0.516 e. The summed E-state index contributed by atoms with van der Waals surface area (Å²) in [5.74, 6) is 0. The molecule has 1 atom stereocenters. The SMILES string of the molecule is CCO[Si](CN1CC(COC)O[Si](OCC)(OCC)C1)(OCC)OCC. The van der Waals surface area contributed by atoms with Crippen molar-refractivity contribution >= 4 is 17.6 Å². The standard InChI is InChI=1S/C16H37NO7Si2/c1-7-19-25(20-8-2,21-9-3)14-17-12-16(13-18-6)24-26(15-17,22-10-4)23-11-5/h16H,7-15H2,1-6H3. The number of hydrogen-bond acceptors (Lipinski definition) is 8. The molecule has 0 aromatic carbocycles. The van der Waals surface area contributed by atoms with Crippen molar-refractivity contribution in [2.24, 2.45) is 0 Å². The Balaban J connectivity index is 3.00. The lowest BCUT2D eigenvalue weighted by atomic mass is 10.3. The number of methoxy groups -OCH3 is 1. The highest BCUT2D eigenvalue weighted by molar-refractivity contribution is 6.62. The zero-order valence-electron chi connectivity index (χ0n) is 17.2. The Morgan fingerprint density at radius 2 is 1.46 bits per heavy atom. The van der Waals surface area contributed by atoms with Gasteiger partial charge in [-0.2, -0.15) is 0 Å². The Morgan fingerprint density at radius 1 is 0.923 bits per heavy atom. The summed E-state index contributed by atoms with van der Waals surface area (Å²) in [5, 5.41) is 0. The first-order valence-corrected chi connectivity index (χ1v) is 13.5. The summed E-state index contributed by atoms with van der Waals surface area (Å²) in [6.45, 7) is 13.7. The summed E-state index contributed by atoms with van der Waals surface area (Å²) in [5.41, 5.74) is 0. The zero-order valence-corrected chi connectivity index (χ0v) is 19.2. The highest BCUT2D eigenvalue weighted by Gasteiger charge is 2.52. The van der Waals surface area contributed by atoms with Crippen molar-refractivity contribution in [2.45, 2.75) is 40.7 Å². The predicted octanol–water partition coefficient (Wildman–Crippen LogP) is 1.47. The van der Waals surface area contributed by atoms with Crippen LogP contribution in [0.5, 0.6) is 0 Å². The number of rotatable bonds is 14. The Bertz CT molecular complexity index is 343. The van der Waals surface area contributed by atoms with E-state index in [4.69, 9.17) is 31.3 Å². The van der Waals surface area contributed by atoms with Gasteiger partial charge in [-0.15, -0.1) is 0 Å². The fourth-order valence-electron chi connectivity index (χ4n) is 3.18. The largest absolute Gasteiger partial charge is 0.516 e. The monoisotopic (exact) mass is 411 g/mol. The summed E-state index contributed by atoms with van der Waals surface area (Å²) < 4.78 is 41.6. The molecular weight excluding hydrogens is 374 g/mol. The van der Waals surface area contributed by atoms with Crippen LogP contribution in [0.4, 0.5) is 0 Å². The van der Waals surface area contributed by atoms with Crippen LogP contribution in [0, 0.1) is 0 Å². The van der Waals surface area contributed by atoms with Crippen LogP contribution in [0.25, 0.3) is 0 Å². The Morgan fingerprint density at radius 3 is 1.88 bits per heavy atom. The topological polar surface area (TPSA) is 67.9 Å². The van der Waals surface area contributed by atoms with Gasteiger partial charge in [0.25, 0.3) is 0 Å². The van der Waals surface area contributed by atoms with E-state index in [2.05, 4.69) is 4.90 Å². The maximum atomic E-state index is 6.24. The molecule has 1 unspecified atom stereocenters. The molecule has 26 heavy (non-hydrogen) atoms. The number of hydrogen-bond donors (Lipinski definition) is 0. The lowest BCUT2D eigenvalue weighted by Crippen LogP contribution is -2.67. The molecule has 0 aromatic heterocycles. The van der Waals surface area contributed by atoms with E-state index in [1.165, 1.54) is 0 Å². The van der Waals surface area contributed by atoms with E-state index < -0.39 is 17.6 Å². The van der Waals surface area contributed by atoms with Crippen LogP contribution in [0.3, 0.4) is 0 Å². The maximum absolute atomic E-state index is 6.24. The second kappa shape index (κ2) is 12.5. The van der Waals surface area contributed by atoms with Crippen LogP contribution in [-0.4, -0.2) is 94.2 Å². The fraction of sp³-hybridized carbons (Fsp3) is 1.00. The Kier molecular flexibility index (Phi) is 11.7. The van der Waals surface area contributed by atoms with Gasteiger partial charge >= 0.3 is 17.6 Å². The third-order valence-electron chi connectivity index (χ3n) is 3.82. The molecule has 0 radical (unpaired) electrons. The summed E-state index contributed by atoms with van der Waals surface area (Å²) in [6, 6.07) is 0. The molecule has 1 saturated heterocycles. The average Bonchev–Trinajstić information content (AvgIpc) is 2.56. The molecule has 1 rings (SSSR count). The quantitative estimate of drug-likeness (QED) is 0.398. The van der Waals surface area contributed by atoms with Crippen molar-refractivity contribution in [1.82, 2.24) is 4.90 Å². The smallest absolute Gasteiger partial charge is 0.382 e. The van der Waals surface area contributed by atoms with Crippen LogP contribution < -0.4 is 0 Å². The summed E-state index contributed by atoms with van der Waals surface area (Å²) >= 11 is 0. The second-order valence-corrected chi connectivity index (χ2v) is 10.9. The van der Waals surface area contributed by atoms with Gasteiger partial charge in [-0.1, -0.05) is 0 Å². The fourth-order valence-corrected chi connectivity index (χ4v) is 8.84. The molecule has 10 heteroatoms. The van der Waals surface area contributed by atoms with Gasteiger partial charge in [0.15, 0.2) is 0 Å². The van der Waals surface area contributed by atoms with Gasteiger partial charge in [-0.05, 0) is 34.6 Å². The molecule has 0 N–H and O–H groups in total. The second-order valence-electron chi connectivity index (χ2n) is 5.90. The van der Waals surface area contributed by atoms with Gasteiger partial charge in [0.2, 0.25) is 0 Å². The minimum atomic E-state index is -2.81. The first kappa shape index (κ1) is 24.2. The van der Waals surface area contributed by atoms with Crippen molar-refractivity contribution in [3.8, 4) is 0 Å². The molecule has 0 saturated carbocycles. The van der Waals surface area contributed by atoms with Gasteiger partial charge in [0.05, 0.1) is 25.0 Å². The summed E-state index contributed by atoms with van der Waals surface area (Å²) in [7, 11) is -3.94. The van der Waals surface area contributed by atoms with Crippen LogP contribution in [0.15, 0.2) is 0 Å². The average molecular weight is 412 g/mol. The van der Waals surface area contributed by atoms with Gasteiger partial charge < -0.3 is 31.3 Å². The molecule has 0 bridgehead atoms. The van der Waals surface area contributed by atoms with Gasteiger partial charge in [-0.3, -0.25) is 4.90 Å². The normalized spacial score (nSPS) is 21.2.